The zero-order valence-corrected chi connectivity index (χ0v) is 16.9. The third-order valence-corrected chi connectivity index (χ3v) is 4.62. The van der Waals surface area contributed by atoms with Gasteiger partial charge >= 0.3 is 0 Å². The monoisotopic (exact) mass is 375 g/mol. The molecule has 2 aromatic carbocycles. The van der Waals surface area contributed by atoms with Crippen molar-refractivity contribution in [3.05, 3.63) is 77.0 Å². The fraction of sp³-hybridized carbons (Fsp3) is 0.261. The lowest BCUT2D eigenvalue weighted by Crippen LogP contribution is -2.16. The first-order valence-corrected chi connectivity index (χ1v) is 9.26. The Bertz CT molecular complexity index is 1010. The Morgan fingerprint density at radius 3 is 2.04 bits per heavy atom. The molecule has 1 aromatic heterocycles. The fourth-order valence-corrected chi connectivity index (χ4v) is 3.15. The van der Waals surface area contributed by atoms with Crippen LogP contribution in [0.25, 0.3) is 5.69 Å². The molecule has 5 nitrogen and oxygen atoms in total. The Labute approximate surface area is 165 Å². The van der Waals surface area contributed by atoms with E-state index < -0.39 is 0 Å². The topological polar surface area (TPSA) is 64.0 Å². The quantitative estimate of drug-likeness (QED) is 0.658. The van der Waals surface area contributed by atoms with E-state index >= 15 is 0 Å². The highest BCUT2D eigenvalue weighted by atomic mass is 16.1. The highest BCUT2D eigenvalue weighted by Gasteiger charge is 2.26. The van der Waals surface area contributed by atoms with Crippen molar-refractivity contribution >= 4 is 17.5 Å². The van der Waals surface area contributed by atoms with Crippen molar-refractivity contribution in [2.75, 3.05) is 5.32 Å². The Kier molecular flexibility index (Phi) is 5.18. The number of nitrogens with one attached hydrogen (secondary N) is 1. The standard InChI is InChI=1S/C23H25N3O2/c1-15-20(23(3,4)5)25-26(19-9-7-6-8-10-19)21(15)24-22(28)18-13-11-17(12-14-18)16(2)27/h6-14H,1-5H3,(H,24,28). The Hall–Kier alpha value is -3.21. The van der Waals surface area contributed by atoms with Gasteiger partial charge in [-0.1, -0.05) is 51.1 Å². The van der Waals surface area contributed by atoms with Gasteiger partial charge in [-0.25, -0.2) is 4.68 Å². The van der Waals surface area contributed by atoms with Crippen LogP contribution < -0.4 is 5.32 Å². The molecule has 0 saturated heterocycles. The predicted molar refractivity (Wildman–Crippen MR) is 111 cm³/mol. The molecule has 1 N–H and O–H groups in total. The lowest BCUT2D eigenvalue weighted by molar-refractivity contribution is 0.100. The third kappa shape index (κ3) is 3.88. The van der Waals surface area contributed by atoms with Gasteiger partial charge in [-0.15, -0.1) is 0 Å². The van der Waals surface area contributed by atoms with Crippen molar-refractivity contribution in [3.63, 3.8) is 0 Å². The smallest absolute Gasteiger partial charge is 0.256 e. The first kappa shape index (κ1) is 19.5. The van der Waals surface area contributed by atoms with Crippen LogP contribution in [0.5, 0.6) is 0 Å². The molecule has 1 amide bonds. The second kappa shape index (κ2) is 7.43. The summed E-state index contributed by atoms with van der Waals surface area (Å²) in [5, 5.41) is 7.80. The van der Waals surface area contributed by atoms with E-state index in [0.29, 0.717) is 16.9 Å². The number of carbonyl (C=O) groups is 2. The van der Waals surface area contributed by atoms with E-state index in [-0.39, 0.29) is 17.1 Å². The van der Waals surface area contributed by atoms with E-state index in [1.54, 1.807) is 28.9 Å². The summed E-state index contributed by atoms with van der Waals surface area (Å²) in [6.07, 6.45) is 0. The molecule has 0 bridgehead atoms. The molecule has 0 radical (unpaired) electrons. The largest absolute Gasteiger partial charge is 0.306 e. The van der Waals surface area contributed by atoms with Gasteiger partial charge in [0.15, 0.2) is 5.78 Å². The predicted octanol–water partition coefficient (Wildman–Crippen LogP) is 4.93. The van der Waals surface area contributed by atoms with Gasteiger partial charge < -0.3 is 5.32 Å². The average Bonchev–Trinajstić information content (AvgIpc) is 2.99. The van der Waals surface area contributed by atoms with Crippen LogP contribution in [0.15, 0.2) is 54.6 Å². The van der Waals surface area contributed by atoms with Gasteiger partial charge in [0, 0.05) is 22.1 Å². The summed E-state index contributed by atoms with van der Waals surface area (Å²) >= 11 is 0. The van der Waals surface area contributed by atoms with E-state index in [2.05, 4.69) is 26.1 Å². The average molecular weight is 375 g/mol. The summed E-state index contributed by atoms with van der Waals surface area (Å²) in [7, 11) is 0. The van der Waals surface area contributed by atoms with Crippen LogP contribution >= 0.6 is 0 Å². The van der Waals surface area contributed by atoms with Crippen LogP contribution in [0.2, 0.25) is 0 Å². The molecule has 3 rings (SSSR count). The molecule has 0 aliphatic rings. The number of rotatable bonds is 4. The van der Waals surface area contributed by atoms with E-state index in [9.17, 15) is 9.59 Å². The van der Waals surface area contributed by atoms with Crippen LogP contribution in [0, 0.1) is 6.92 Å². The summed E-state index contributed by atoms with van der Waals surface area (Å²) in [5.74, 6) is 0.382. The van der Waals surface area contributed by atoms with Crippen LogP contribution in [0.3, 0.4) is 0 Å². The van der Waals surface area contributed by atoms with Gasteiger partial charge in [0.05, 0.1) is 11.4 Å². The van der Waals surface area contributed by atoms with Crippen molar-refractivity contribution in [1.29, 1.82) is 0 Å². The minimum absolute atomic E-state index is 0.0280. The van der Waals surface area contributed by atoms with Crippen molar-refractivity contribution in [2.24, 2.45) is 0 Å². The number of hydrogen-bond acceptors (Lipinski definition) is 3. The number of aromatic nitrogens is 2. The fourth-order valence-electron chi connectivity index (χ4n) is 3.15. The molecule has 0 atom stereocenters. The number of benzene rings is 2. The summed E-state index contributed by atoms with van der Waals surface area (Å²) in [6.45, 7) is 9.78. The van der Waals surface area contributed by atoms with Crippen molar-refractivity contribution in [3.8, 4) is 5.69 Å². The zero-order chi connectivity index (χ0) is 20.5. The van der Waals surface area contributed by atoms with Crippen LogP contribution in [-0.4, -0.2) is 21.5 Å². The minimum Gasteiger partial charge on any atom is -0.306 e. The van der Waals surface area contributed by atoms with Crippen molar-refractivity contribution < 1.29 is 9.59 Å². The molecule has 1 heterocycles. The lowest BCUT2D eigenvalue weighted by atomic mass is 9.90. The summed E-state index contributed by atoms with van der Waals surface area (Å²) in [5.41, 5.74) is 3.65. The van der Waals surface area contributed by atoms with Crippen LogP contribution in [-0.2, 0) is 5.41 Å². The second-order valence-corrected chi connectivity index (χ2v) is 7.91. The number of anilines is 1. The zero-order valence-electron chi connectivity index (χ0n) is 16.9. The number of Topliss-reactive ketones (excluding diaryl/α,β-unsaturated/α-hetero) is 1. The number of nitrogens with zero attached hydrogens (tertiary/aromatic N) is 2. The van der Waals surface area contributed by atoms with Gasteiger partial charge in [0.1, 0.15) is 5.82 Å². The van der Waals surface area contributed by atoms with Gasteiger partial charge in [-0.3, -0.25) is 9.59 Å². The SMILES string of the molecule is CC(=O)c1ccc(C(=O)Nc2c(C)c(C(C)(C)C)nn2-c2ccccc2)cc1. The summed E-state index contributed by atoms with van der Waals surface area (Å²) in [4.78, 5) is 24.3. The van der Waals surface area contributed by atoms with E-state index in [1.807, 2.05) is 37.3 Å². The normalized spacial score (nSPS) is 11.3. The maximum Gasteiger partial charge on any atom is 0.256 e. The number of hydrogen-bond donors (Lipinski definition) is 1. The highest BCUT2D eigenvalue weighted by molar-refractivity contribution is 6.05. The molecular weight excluding hydrogens is 350 g/mol. The molecule has 144 valence electrons. The number of amides is 1. The lowest BCUT2D eigenvalue weighted by Gasteiger charge is -2.16. The Balaban J connectivity index is 2.01. The third-order valence-electron chi connectivity index (χ3n) is 4.62. The van der Waals surface area contributed by atoms with Crippen molar-refractivity contribution in [1.82, 2.24) is 9.78 Å². The number of carbonyl (C=O) groups excluding carboxylic acids is 2. The summed E-state index contributed by atoms with van der Waals surface area (Å²) < 4.78 is 1.78. The number of ketones is 1. The van der Waals surface area contributed by atoms with E-state index in [0.717, 1.165) is 16.9 Å². The van der Waals surface area contributed by atoms with Crippen LogP contribution in [0.1, 0.15) is 59.7 Å². The van der Waals surface area contributed by atoms with Gasteiger partial charge in [0.2, 0.25) is 0 Å². The van der Waals surface area contributed by atoms with Gasteiger partial charge in [-0.2, -0.15) is 5.10 Å². The maximum absolute atomic E-state index is 12.9. The molecule has 28 heavy (non-hydrogen) atoms. The number of para-hydroxylation sites is 1. The Morgan fingerprint density at radius 2 is 1.50 bits per heavy atom. The molecule has 3 aromatic rings. The van der Waals surface area contributed by atoms with Gasteiger partial charge in [-0.05, 0) is 38.1 Å². The van der Waals surface area contributed by atoms with E-state index in [4.69, 9.17) is 5.10 Å². The molecule has 0 aliphatic carbocycles. The maximum atomic E-state index is 12.9. The second-order valence-electron chi connectivity index (χ2n) is 7.91. The van der Waals surface area contributed by atoms with Crippen LogP contribution in [0.4, 0.5) is 5.82 Å². The first-order chi connectivity index (χ1) is 13.2. The molecular formula is C23H25N3O2. The summed E-state index contributed by atoms with van der Waals surface area (Å²) in [6, 6.07) is 16.4. The highest BCUT2D eigenvalue weighted by Crippen LogP contribution is 2.31. The van der Waals surface area contributed by atoms with Crippen molar-refractivity contribution in [2.45, 2.75) is 40.0 Å². The Morgan fingerprint density at radius 1 is 0.929 bits per heavy atom. The van der Waals surface area contributed by atoms with E-state index in [1.165, 1.54) is 6.92 Å². The molecule has 0 spiro atoms. The first-order valence-electron chi connectivity index (χ1n) is 9.26. The molecule has 0 aliphatic heterocycles. The molecule has 5 heteroatoms. The van der Waals surface area contributed by atoms with Gasteiger partial charge in [0.25, 0.3) is 5.91 Å². The molecule has 0 fully saturated rings. The molecule has 0 unspecified atom stereocenters. The molecule has 0 saturated carbocycles. The minimum atomic E-state index is -0.240.